The summed E-state index contributed by atoms with van der Waals surface area (Å²) in [5.41, 5.74) is 3.47. The minimum atomic E-state index is -0.435. The molecule has 1 aromatic heterocycles. The molecule has 0 aliphatic carbocycles. The molecule has 1 N–H and O–H groups in total. The third kappa shape index (κ3) is 6.12. The molecule has 1 aliphatic heterocycles. The summed E-state index contributed by atoms with van der Waals surface area (Å²) >= 11 is 0. The van der Waals surface area contributed by atoms with Crippen LogP contribution in [0.1, 0.15) is 50.7 Å². The fourth-order valence-corrected chi connectivity index (χ4v) is 4.94. The lowest BCUT2D eigenvalue weighted by molar-refractivity contribution is -0.115. The number of fused-ring (bicyclic) bond motifs is 1. The van der Waals surface area contributed by atoms with Gasteiger partial charge in [-0.05, 0) is 83.6 Å². The van der Waals surface area contributed by atoms with Gasteiger partial charge in [-0.15, -0.1) is 0 Å². The monoisotopic (exact) mass is 525 g/mol. The molecule has 0 unspecified atom stereocenters. The zero-order valence-corrected chi connectivity index (χ0v) is 21.5. The van der Waals surface area contributed by atoms with Crippen molar-refractivity contribution in [3.63, 3.8) is 0 Å². The van der Waals surface area contributed by atoms with Gasteiger partial charge in [0.1, 0.15) is 5.82 Å². The maximum Gasteiger partial charge on any atom is 0.337 e. The minimum Gasteiger partial charge on any atom is -0.465 e. The van der Waals surface area contributed by atoms with Crippen LogP contribution in [0.4, 0.5) is 10.1 Å². The van der Waals surface area contributed by atoms with Gasteiger partial charge >= 0.3 is 5.97 Å². The number of aromatic nitrogens is 1. The summed E-state index contributed by atoms with van der Waals surface area (Å²) in [6.45, 7) is 1.32. The molecule has 2 amide bonds. The second-order valence-electron chi connectivity index (χ2n) is 9.65. The minimum absolute atomic E-state index is 0.00102. The molecule has 1 fully saturated rings. The maximum atomic E-state index is 13.2. The Kier molecular flexibility index (Phi) is 7.63. The van der Waals surface area contributed by atoms with Crippen molar-refractivity contribution in [2.24, 2.45) is 0 Å². The molecule has 3 aromatic carbocycles. The van der Waals surface area contributed by atoms with Gasteiger partial charge in [-0.25, -0.2) is 9.18 Å². The molecule has 8 heteroatoms. The Hall–Kier alpha value is -4.59. The summed E-state index contributed by atoms with van der Waals surface area (Å²) in [6.07, 6.45) is 2.87. The van der Waals surface area contributed by atoms with Crippen LogP contribution in [0.3, 0.4) is 0 Å². The van der Waals surface area contributed by atoms with E-state index in [9.17, 15) is 18.8 Å². The molecule has 0 radical (unpaired) electrons. The third-order valence-electron chi connectivity index (χ3n) is 7.09. The highest BCUT2D eigenvalue weighted by Crippen LogP contribution is 2.30. The SMILES string of the molecule is COC(=O)c1ccc2cc(C(=O)N3CCC(c4ccc(NC(=O)Cc5ccc(F)cn5)cc4)CC3)ccc2c1. The second kappa shape index (κ2) is 11.4. The first-order chi connectivity index (χ1) is 18.9. The number of rotatable bonds is 6. The summed E-state index contributed by atoms with van der Waals surface area (Å²) in [7, 11) is 1.35. The van der Waals surface area contributed by atoms with E-state index in [1.54, 1.807) is 18.2 Å². The van der Waals surface area contributed by atoms with Gasteiger partial charge in [-0.2, -0.15) is 0 Å². The molecular weight excluding hydrogens is 497 g/mol. The molecule has 0 bridgehead atoms. The average molecular weight is 526 g/mol. The topological polar surface area (TPSA) is 88.6 Å². The number of nitrogens with zero attached hydrogens (tertiary/aromatic N) is 2. The standard InChI is InChI=1S/C31H28FN3O4/c1-39-31(38)25-5-3-22-16-24(4-2-23(22)17-25)30(37)35-14-12-21(13-15-35)20-6-9-27(10-7-20)34-29(36)18-28-11-8-26(32)19-33-28/h2-11,16-17,19,21H,12-15,18H2,1H3,(H,34,36). The zero-order chi connectivity index (χ0) is 27.4. The van der Waals surface area contributed by atoms with Gasteiger partial charge in [-0.1, -0.05) is 24.3 Å². The number of anilines is 1. The molecular formula is C31H28FN3O4. The Labute approximate surface area is 225 Å². The molecule has 7 nitrogen and oxygen atoms in total. The predicted octanol–water partition coefficient (Wildman–Crippen LogP) is 5.36. The normalized spacial score (nSPS) is 13.7. The van der Waals surface area contributed by atoms with Crippen molar-refractivity contribution in [3.05, 3.63) is 107 Å². The number of benzene rings is 3. The Morgan fingerprint density at radius 2 is 1.59 bits per heavy atom. The molecule has 0 saturated carbocycles. The van der Waals surface area contributed by atoms with Gasteiger partial charge < -0.3 is 15.0 Å². The summed E-state index contributed by atoms with van der Waals surface area (Å²) in [6, 6.07) is 21.4. The van der Waals surface area contributed by atoms with E-state index in [2.05, 4.69) is 10.3 Å². The van der Waals surface area contributed by atoms with Crippen LogP contribution >= 0.6 is 0 Å². The molecule has 39 heavy (non-hydrogen) atoms. The Bertz CT molecular complexity index is 1510. The van der Waals surface area contributed by atoms with Crippen LogP contribution < -0.4 is 5.32 Å². The lowest BCUT2D eigenvalue weighted by Gasteiger charge is -2.32. The number of carbonyl (C=O) groups is 3. The highest BCUT2D eigenvalue weighted by molar-refractivity contribution is 6.00. The van der Waals surface area contributed by atoms with Crippen molar-refractivity contribution < 1.29 is 23.5 Å². The highest BCUT2D eigenvalue weighted by Gasteiger charge is 2.25. The maximum absolute atomic E-state index is 13.2. The third-order valence-corrected chi connectivity index (χ3v) is 7.09. The number of carbonyl (C=O) groups excluding carboxylic acids is 3. The first kappa shape index (κ1) is 26.0. The lowest BCUT2D eigenvalue weighted by atomic mass is 9.89. The van der Waals surface area contributed by atoms with Crippen LogP contribution in [-0.2, 0) is 16.0 Å². The van der Waals surface area contributed by atoms with E-state index in [1.165, 1.54) is 24.8 Å². The quantitative estimate of drug-likeness (QED) is 0.343. The molecule has 1 aliphatic rings. The summed E-state index contributed by atoms with van der Waals surface area (Å²) in [5.74, 6) is -0.711. The number of hydrogen-bond donors (Lipinski definition) is 1. The number of halogens is 1. The fourth-order valence-electron chi connectivity index (χ4n) is 4.94. The van der Waals surface area contributed by atoms with E-state index in [-0.39, 0.29) is 18.2 Å². The number of ether oxygens (including phenoxy) is 1. The van der Waals surface area contributed by atoms with Crippen molar-refractivity contribution in [1.29, 1.82) is 0 Å². The van der Waals surface area contributed by atoms with E-state index < -0.39 is 11.8 Å². The van der Waals surface area contributed by atoms with E-state index in [0.29, 0.717) is 41.5 Å². The second-order valence-corrected chi connectivity index (χ2v) is 9.65. The van der Waals surface area contributed by atoms with Gasteiger partial charge in [0.15, 0.2) is 0 Å². The number of nitrogens with one attached hydrogen (secondary N) is 1. The van der Waals surface area contributed by atoms with E-state index in [1.807, 2.05) is 47.4 Å². The fraction of sp³-hybridized carbons (Fsp3) is 0.226. The molecule has 198 valence electrons. The molecule has 0 spiro atoms. The molecule has 4 aromatic rings. The van der Waals surface area contributed by atoms with E-state index in [4.69, 9.17) is 4.74 Å². The van der Waals surface area contributed by atoms with Gasteiger partial charge in [0.05, 0.1) is 25.3 Å². The number of esters is 1. The lowest BCUT2D eigenvalue weighted by Crippen LogP contribution is -2.37. The van der Waals surface area contributed by atoms with E-state index in [0.717, 1.165) is 29.8 Å². The largest absolute Gasteiger partial charge is 0.465 e. The van der Waals surface area contributed by atoms with Crippen LogP contribution in [-0.4, -0.2) is 47.9 Å². The number of piperidine rings is 1. The highest BCUT2D eigenvalue weighted by atomic mass is 19.1. The van der Waals surface area contributed by atoms with Crippen molar-refractivity contribution in [1.82, 2.24) is 9.88 Å². The van der Waals surface area contributed by atoms with Crippen LogP contribution in [0.25, 0.3) is 10.8 Å². The van der Waals surface area contributed by atoms with Crippen molar-refractivity contribution in [2.75, 3.05) is 25.5 Å². The number of hydrogen-bond acceptors (Lipinski definition) is 5. The number of pyridine rings is 1. The van der Waals surface area contributed by atoms with Crippen molar-refractivity contribution >= 4 is 34.2 Å². The summed E-state index contributed by atoms with van der Waals surface area (Å²) in [5, 5.41) is 4.62. The van der Waals surface area contributed by atoms with Crippen LogP contribution in [0.15, 0.2) is 79.0 Å². The number of methoxy groups -OCH3 is 1. The van der Waals surface area contributed by atoms with Crippen LogP contribution in [0.5, 0.6) is 0 Å². The molecule has 0 atom stereocenters. The molecule has 5 rings (SSSR count). The number of amides is 2. The number of likely N-dealkylation sites (tertiary alicyclic amines) is 1. The van der Waals surface area contributed by atoms with Gasteiger partial charge in [0.2, 0.25) is 5.91 Å². The summed E-state index contributed by atoms with van der Waals surface area (Å²) < 4.78 is 17.8. The van der Waals surface area contributed by atoms with Crippen LogP contribution in [0, 0.1) is 5.82 Å². The average Bonchev–Trinajstić information content (AvgIpc) is 2.97. The smallest absolute Gasteiger partial charge is 0.337 e. The Morgan fingerprint density at radius 3 is 2.23 bits per heavy atom. The Balaban J connectivity index is 1.15. The van der Waals surface area contributed by atoms with Crippen LogP contribution in [0.2, 0.25) is 0 Å². The molecule has 1 saturated heterocycles. The molecule has 2 heterocycles. The van der Waals surface area contributed by atoms with Crippen molar-refractivity contribution in [2.45, 2.75) is 25.2 Å². The van der Waals surface area contributed by atoms with Crippen molar-refractivity contribution in [3.8, 4) is 0 Å². The first-order valence-electron chi connectivity index (χ1n) is 12.8. The first-order valence-corrected chi connectivity index (χ1v) is 12.8. The zero-order valence-electron chi connectivity index (χ0n) is 21.5. The van der Waals surface area contributed by atoms with Gasteiger partial charge in [-0.3, -0.25) is 14.6 Å². The Morgan fingerprint density at radius 1 is 0.923 bits per heavy atom. The predicted molar refractivity (Wildman–Crippen MR) is 146 cm³/mol. The van der Waals surface area contributed by atoms with Gasteiger partial charge in [0.25, 0.3) is 5.91 Å². The van der Waals surface area contributed by atoms with E-state index >= 15 is 0 Å². The summed E-state index contributed by atoms with van der Waals surface area (Å²) in [4.78, 5) is 43.1. The van der Waals surface area contributed by atoms with Gasteiger partial charge in [0, 0.05) is 30.0 Å².